The van der Waals surface area contributed by atoms with E-state index in [0.717, 1.165) is 15.6 Å². The first-order valence-corrected chi connectivity index (χ1v) is 6.55. The molecule has 0 aliphatic carbocycles. The Kier molecular flexibility index (Phi) is 3.35. The number of hydrogen-bond acceptors (Lipinski definition) is 5. The molecular formula is C10H11N3S2. The number of aromatic nitrogens is 2. The molecule has 0 aliphatic rings. The highest BCUT2D eigenvalue weighted by Gasteiger charge is 2.08. The zero-order valence-electron chi connectivity index (χ0n) is 8.30. The molecule has 0 radical (unpaired) electrons. The van der Waals surface area contributed by atoms with Crippen molar-refractivity contribution >= 4 is 23.1 Å². The van der Waals surface area contributed by atoms with Crippen LogP contribution in [0.25, 0.3) is 10.6 Å². The van der Waals surface area contributed by atoms with Gasteiger partial charge < -0.3 is 5.73 Å². The lowest BCUT2D eigenvalue weighted by molar-refractivity contribution is 0.959. The van der Waals surface area contributed by atoms with Gasteiger partial charge in [-0.25, -0.2) is 0 Å². The van der Waals surface area contributed by atoms with Crippen LogP contribution in [0.3, 0.4) is 0 Å². The molecule has 0 amide bonds. The number of rotatable bonds is 3. The maximum absolute atomic E-state index is 5.51. The van der Waals surface area contributed by atoms with Crippen LogP contribution in [-0.4, -0.2) is 16.5 Å². The summed E-state index contributed by atoms with van der Waals surface area (Å²) in [7, 11) is 0. The fourth-order valence-corrected chi connectivity index (χ4v) is 2.69. The van der Waals surface area contributed by atoms with Gasteiger partial charge in [-0.15, -0.1) is 22.0 Å². The Hall–Kier alpha value is -0.910. The van der Waals surface area contributed by atoms with Gasteiger partial charge in [-0.1, -0.05) is 29.5 Å². The van der Waals surface area contributed by atoms with Crippen LogP contribution in [0.4, 0.5) is 0 Å². The zero-order valence-corrected chi connectivity index (χ0v) is 9.94. The molecule has 15 heavy (non-hydrogen) atoms. The first-order chi connectivity index (χ1) is 7.35. The van der Waals surface area contributed by atoms with E-state index in [2.05, 4.69) is 28.6 Å². The number of nitrogens with two attached hydrogens (primary N) is 1. The summed E-state index contributed by atoms with van der Waals surface area (Å²) < 4.78 is 0. The highest BCUT2D eigenvalue weighted by atomic mass is 32.2. The third kappa shape index (κ3) is 2.19. The lowest BCUT2D eigenvalue weighted by Crippen LogP contribution is -1.94. The van der Waals surface area contributed by atoms with Gasteiger partial charge >= 0.3 is 0 Å². The molecule has 0 aliphatic heterocycles. The van der Waals surface area contributed by atoms with Crippen LogP contribution in [0.1, 0.15) is 5.01 Å². The van der Waals surface area contributed by atoms with Gasteiger partial charge in [-0.05, 0) is 12.3 Å². The van der Waals surface area contributed by atoms with Crippen molar-refractivity contribution in [1.29, 1.82) is 0 Å². The van der Waals surface area contributed by atoms with Crippen molar-refractivity contribution in [3.05, 3.63) is 29.3 Å². The van der Waals surface area contributed by atoms with Crippen molar-refractivity contribution < 1.29 is 0 Å². The molecule has 5 heteroatoms. The molecular weight excluding hydrogens is 226 g/mol. The van der Waals surface area contributed by atoms with Gasteiger partial charge in [-0.3, -0.25) is 0 Å². The van der Waals surface area contributed by atoms with Gasteiger partial charge in [0.2, 0.25) is 0 Å². The normalized spacial score (nSPS) is 10.5. The van der Waals surface area contributed by atoms with E-state index in [4.69, 9.17) is 5.73 Å². The molecule has 0 atom stereocenters. The van der Waals surface area contributed by atoms with Crippen LogP contribution in [-0.2, 0) is 6.54 Å². The second kappa shape index (κ2) is 4.74. The van der Waals surface area contributed by atoms with Crippen molar-refractivity contribution in [2.75, 3.05) is 6.26 Å². The summed E-state index contributed by atoms with van der Waals surface area (Å²) in [6.45, 7) is 0.457. The minimum absolute atomic E-state index is 0.457. The van der Waals surface area contributed by atoms with Gasteiger partial charge in [0.05, 0.1) is 0 Å². The third-order valence-corrected chi connectivity index (χ3v) is 3.75. The quantitative estimate of drug-likeness (QED) is 0.833. The van der Waals surface area contributed by atoms with E-state index in [1.807, 2.05) is 12.1 Å². The van der Waals surface area contributed by atoms with Crippen LogP contribution < -0.4 is 5.73 Å². The second-order valence-corrected chi connectivity index (χ2v) is 4.82. The molecule has 0 saturated carbocycles. The van der Waals surface area contributed by atoms with Crippen molar-refractivity contribution in [3.8, 4) is 10.6 Å². The molecule has 0 spiro atoms. The van der Waals surface area contributed by atoms with Gasteiger partial charge in [0.1, 0.15) is 10.0 Å². The van der Waals surface area contributed by atoms with Gasteiger partial charge in [0.25, 0.3) is 0 Å². The molecule has 2 aromatic rings. The number of benzene rings is 1. The predicted molar refractivity (Wildman–Crippen MR) is 65.0 cm³/mol. The van der Waals surface area contributed by atoms with Crippen LogP contribution in [0.5, 0.6) is 0 Å². The third-order valence-electron chi connectivity index (χ3n) is 1.98. The standard InChI is InChI=1S/C10H11N3S2/c1-14-8-5-3-2-4-7(8)10-13-12-9(6-11)15-10/h2-5H,6,11H2,1H3. The smallest absolute Gasteiger partial charge is 0.148 e. The molecule has 1 heterocycles. The lowest BCUT2D eigenvalue weighted by Gasteiger charge is -2.01. The topological polar surface area (TPSA) is 51.8 Å². The Morgan fingerprint density at radius 1 is 1.33 bits per heavy atom. The van der Waals surface area contributed by atoms with Crippen LogP contribution >= 0.6 is 23.1 Å². The van der Waals surface area contributed by atoms with Crippen molar-refractivity contribution in [1.82, 2.24) is 10.2 Å². The van der Waals surface area contributed by atoms with E-state index in [1.54, 1.807) is 23.1 Å². The molecule has 0 saturated heterocycles. The average molecular weight is 237 g/mol. The summed E-state index contributed by atoms with van der Waals surface area (Å²) >= 11 is 3.27. The van der Waals surface area contributed by atoms with Crippen molar-refractivity contribution in [3.63, 3.8) is 0 Å². The highest BCUT2D eigenvalue weighted by Crippen LogP contribution is 2.31. The van der Waals surface area contributed by atoms with Crippen LogP contribution in [0.15, 0.2) is 29.2 Å². The Labute approximate surface area is 96.7 Å². The minimum Gasteiger partial charge on any atom is -0.324 e. The van der Waals surface area contributed by atoms with Crippen molar-refractivity contribution in [2.24, 2.45) is 5.73 Å². The highest BCUT2D eigenvalue weighted by molar-refractivity contribution is 7.98. The van der Waals surface area contributed by atoms with E-state index in [1.165, 1.54) is 4.90 Å². The molecule has 2 N–H and O–H groups in total. The summed E-state index contributed by atoms with van der Waals surface area (Å²) in [6, 6.07) is 8.19. The Morgan fingerprint density at radius 2 is 2.13 bits per heavy atom. The molecule has 3 nitrogen and oxygen atoms in total. The van der Waals surface area contributed by atoms with Gasteiger partial charge in [-0.2, -0.15) is 0 Å². The lowest BCUT2D eigenvalue weighted by atomic mass is 10.2. The van der Waals surface area contributed by atoms with E-state index in [0.29, 0.717) is 6.54 Å². The minimum atomic E-state index is 0.457. The summed E-state index contributed by atoms with van der Waals surface area (Å²) in [5.41, 5.74) is 6.66. The van der Waals surface area contributed by atoms with E-state index >= 15 is 0 Å². The summed E-state index contributed by atoms with van der Waals surface area (Å²) in [6.07, 6.45) is 2.06. The first-order valence-electron chi connectivity index (χ1n) is 4.51. The predicted octanol–water partition coefficient (Wildman–Crippen LogP) is 2.39. The Balaban J connectivity index is 2.44. The van der Waals surface area contributed by atoms with Crippen molar-refractivity contribution in [2.45, 2.75) is 11.4 Å². The molecule has 0 bridgehead atoms. The van der Waals surface area contributed by atoms with Gasteiger partial charge in [0.15, 0.2) is 0 Å². The summed E-state index contributed by atoms with van der Waals surface area (Å²) in [5.74, 6) is 0. The SMILES string of the molecule is CSc1ccccc1-c1nnc(CN)s1. The fraction of sp³-hybridized carbons (Fsp3) is 0.200. The summed E-state index contributed by atoms with van der Waals surface area (Å²) in [4.78, 5) is 1.22. The van der Waals surface area contributed by atoms with E-state index in [-0.39, 0.29) is 0 Å². The maximum atomic E-state index is 5.51. The Morgan fingerprint density at radius 3 is 2.80 bits per heavy atom. The van der Waals surface area contributed by atoms with Gasteiger partial charge in [0, 0.05) is 17.0 Å². The number of thioether (sulfide) groups is 1. The zero-order chi connectivity index (χ0) is 10.7. The van der Waals surface area contributed by atoms with E-state index in [9.17, 15) is 0 Å². The Bertz CT molecular complexity index is 453. The van der Waals surface area contributed by atoms with E-state index < -0.39 is 0 Å². The molecule has 78 valence electrons. The number of nitrogens with zero attached hydrogens (tertiary/aromatic N) is 2. The molecule has 2 rings (SSSR count). The maximum Gasteiger partial charge on any atom is 0.148 e. The first kappa shape index (κ1) is 10.6. The second-order valence-electron chi connectivity index (χ2n) is 2.91. The average Bonchev–Trinajstić information content (AvgIpc) is 2.77. The van der Waals surface area contributed by atoms with Crippen LogP contribution in [0, 0.1) is 0 Å². The summed E-state index contributed by atoms with van der Waals surface area (Å²) in [5, 5.41) is 9.98. The number of hydrogen-bond donors (Lipinski definition) is 1. The molecule has 0 fully saturated rings. The van der Waals surface area contributed by atoms with Crippen LogP contribution in [0.2, 0.25) is 0 Å². The molecule has 1 aromatic carbocycles. The fourth-order valence-electron chi connectivity index (χ4n) is 1.27. The molecule has 1 aromatic heterocycles. The monoisotopic (exact) mass is 237 g/mol. The largest absolute Gasteiger partial charge is 0.324 e. The molecule has 0 unspecified atom stereocenters.